The summed E-state index contributed by atoms with van der Waals surface area (Å²) in [4.78, 5) is 4.19. The van der Waals surface area contributed by atoms with Crippen molar-refractivity contribution >= 4 is 5.96 Å². The molecule has 0 amide bonds. The van der Waals surface area contributed by atoms with Gasteiger partial charge < -0.3 is 20.9 Å². The molecule has 5 nitrogen and oxygen atoms in total. The summed E-state index contributed by atoms with van der Waals surface area (Å²) in [6.45, 7) is 6.73. The van der Waals surface area contributed by atoms with E-state index < -0.39 is 5.60 Å². The molecule has 0 aromatic heterocycles. The summed E-state index contributed by atoms with van der Waals surface area (Å²) in [5, 5.41) is 13.2. The van der Waals surface area contributed by atoms with Crippen LogP contribution < -0.4 is 11.1 Å². The summed E-state index contributed by atoms with van der Waals surface area (Å²) in [6, 6.07) is 0. The zero-order chi connectivity index (χ0) is 12.7. The standard InChI is InChI=1S/C12H25N3O2/c1-10(2)3-6-14-11(13)15-9-12(16)4-7-17-8-5-12/h10,16H,3-9H2,1-2H3,(H3,13,14,15). The fourth-order valence-corrected chi connectivity index (χ4v) is 1.69. The molecule has 1 aliphatic rings. The molecule has 1 aliphatic heterocycles. The van der Waals surface area contributed by atoms with Gasteiger partial charge in [-0.25, -0.2) is 0 Å². The van der Waals surface area contributed by atoms with Crippen molar-refractivity contribution in [2.45, 2.75) is 38.7 Å². The molecule has 1 heterocycles. The van der Waals surface area contributed by atoms with Gasteiger partial charge >= 0.3 is 0 Å². The molecule has 0 atom stereocenters. The minimum atomic E-state index is -0.734. The first kappa shape index (κ1) is 14.3. The van der Waals surface area contributed by atoms with E-state index >= 15 is 0 Å². The van der Waals surface area contributed by atoms with Crippen molar-refractivity contribution in [1.29, 1.82) is 0 Å². The van der Waals surface area contributed by atoms with E-state index in [1.807, 2.05) is 0 Å². The fourth-order valence-electron chi connectivity index (χ4n) is 1.69. The molecule has 1 fully saturated rings. The highest BCUT2D eigenvalue weighted by Gasteiger charge is 2.29. The minimum Gasteiger partial charge on any atom is -0.388 e. The quantitative estimate of drug-likeness (QED) is 0.484. The first-order valence-electron chi connectivity index (χ1n) is 6.36. The lowest BCUT2D eigenvalue weighted by Gasteiger charge is -2.30. The summed E-state index contributed by atoms with van der Waals surface area (Å²) >= 11 is 0. The van der Waals surface area contributed by atoms with Crippen LogP contribution in [0.1, 0.15) is 33.1 Å². The van der Waals surface area contributed by atoms with E-state index in [-0.39, 0.29) is 0 Å². The van der Waals surface area contributed by atoms with Crippen LogP contribution in [0.2, 0.25) is 0 Å². The third kappa shape index (κ3) is 5.89. The van der Waals surface area contributed by atoms with Crippen LogP contribution in [0.4, 0.5) is 0 Å². The van der Waals surface area contributed by atoms with Gasteiger partial charge in [-0.15, -0.1) is 0 Å². The van der Waals surface area contributed by atoms with Gasteiger partial charge in [-0.3, -0.25) is 4.99 Å². The molecule has 0 aromatic carbocycles. The number of aliphatic hydroxyl groups is 1. The number of hydrogen-bond acceptors (Lipinski definition) is 3. The third-order valence-electron chi connectivity index (χ3n) is 3.00. The molecule has 4 N–H and O–H groups in total. The second-order valence-electron chi connectivity index (χ2n) is 5.15. The molecular formula is C12H25N3O2. The Morgan fingerprint density at radius 2 is 2.12 bits per heavy atom. The number of rotatable bonds is 5. The molecule has 0 radical (unpaired) electrons. The Labute approximate surface area is 103 Å². The van der Waals surface area contributed by atoms with Crippen LogP contribution in [0.15, 0.2) is 4.99 Å². The SMILES string of the molecule is CC(C)CCNC(N)=NCC1(O)CCOCC1. The highest BCUT2D eigenvalue weighted by Crippen LogP contribution is 2.20. The lowest BCUT2D eigenvalue weighted by atomic mass is 9.95. The molecular weight excluding hydrogens is 218 g/mol. The minimum absolute atomic E-state index is 0.358. The maximum absolute atomic E-state index is 10.2. The largest absolute Gasteiger partial charge is 0.388 e. The Morgan fingerprint density at radius 1 is 1.47 bits per heavy atom. The predicted octanol–water partition coefficient (Wildman–Crippen LogP) is 0.478. The molecule has 17 heavy (non-hydrogen) atoms. The molecule has 0 unspecified atom stereocenters. The van der Waals surface area contributed by atoms with Crippen molar-refractivity contribution in [3.8, 4) is 0 Å². The molecule has 100 valence electrons. The molecule has 1 saturated heterocycles. The molecule has 1 rings (SSSR count). The second kappa shape index (κ2) is 6.81. The lowest BCUT2D eigenvalue weighted by Crippen LogP contribution is -2.41. The maximum atomic E-state index is 10.2. The second-order valence-corrected chi connectivity index (χ2v) is 5.15. The van der Waals surface area contributed by atoms with Crippen LogP contribution in [0, 0.1) is 5.92 Å². The molecule has 0 saturated carbocycles. The summed E-state index contributed by atoms with van der Waals surface area (Å²) in [5.41, 5.74) is 5.00. The Kier molecular flexibility index (Phi) is 5.71. The van der Waals surface area contributed by atoms with Gasteiger partial charge in [0.15, 0.2) is 5.96 Å². The van der Waals surface area contributed by atoms with Gasteiger partial charge in [0.25, 0.3) is 0 Å². The van der Waals surface area contributed by atoms with E-state index in [1.165, 1.54) is 0 Å². The normalized spacial score (nSPS) is 20.6. The van der Waals surface area contributed by atoms with Gasteiger partial charge in [-0.05, 0) is 12.3 Å². The third-order valence-corrected chi connectivity index (χ3v) is 3.00. The molecule has 5 heteroatoms. The number of nitrogens with one attached hydrogen (secondary N) is 1. The predicted molar refractivity (Wildman–Crippen MR) is 68.9 cm³/mol. The number of guanidine groups is 1. The highest BCUT2D eigenvalue weighted by molar-refractivity contribution is 5.77. The van der Waals surface area contributed by atoms with Crippen molar-refractivity contribution in [3.63, 3.8) is 0 Å². The van der Waals surface area contributed by atoms with E-state index in [1.54, 1.807) is 0 Å². The number of aliphatic imine (C=N–C) groups is 1. The maximum Gasteiger partial charge on any atom is 0.188 e. The van der Waals surface area contributed by atoms with Gasteiger partial charge in [-0.2, -0.15) is 0 Å². The van der Waals surface area contributed by atoms with Gasteiger partial charge in [0.1, 0.15) is 0 Å². The van der Waals surface area contributed by atoms with Gasteiger partial charge in [0.05, 0.1) is 12.1 Å². The van der Waals surface area contributed by atoms with E-state index in [2.05, 4.69) is 24.2 Å². The average Bonchev–Trinajstić information content (AvgIpc) is 2.27. The Hall–Kier alpha value is -0.810. The van der Waals surface area contributed by atoms with Crippen LogP contribution in [0.3, 0.4) is 0 Å². The topological polar surface area (TPSA) is 79.9 Å². The van der Waals surface area contributed by atoms with E-state index in [0.29, 0.717) is 44.5 Å². The number of nitrogens with two attached hydrogens (primary N) is 1. The highest BCUT2D eigenvalue weighted by atomic mass is 16.5. The van der Waals surface area contributed by atoms with Gasteiger partial charge in [-0.1, -0.05) is 13.8 Å². The summed E-state index contributed by atoms with van der Waals surface area (Å²) in [7, 11) is 0. The van der Waals surface area contributed by atoms with Crippen molar-refractivity contribution in [2.75, 3.05) is 26.3 Å². The molecule has 0 bridgehead atoms. The van der Waals surface area contributed by atoms with Gasteiger partial charge in [0, 0.05) is 32.6 Å². The lowest BCUT2D eigenvalue weighted by molar-refractivity contribution is -0.0565. The summed E-state index contributed by atoms with van der Waals surface area (Å²) in [5.74, 6) is 1.07. The average molecular weight is 243 g/mol. The summed E-state index contributed by atoms with van der Waals surface area (Å²) < 4.78 is 5.21. The van der Waals surface area contributed by atoms with Crippen molar-refractivity contribution in [3.05, 3.63) is 0 Å². The van der Waals surface area contributed by atoms with Crippen LogP contribution in [0.5, 0.6) is 0 Å². The van der Waals surface area contributed by atoms with Crippen LogP contribution in [-0.2, 0) is 4.74 Å². The van der Waals surface area contributed by atoms with E-state index in [0.717, 1.165) is 13.0 Å². The van der Waals surface area contributed by atoms with E-state index in [9.17, 15) is 5.11 Å². The monoisotopic (exact) mass is 243 g/mol. The van der Waals surface area contributed by atoms with Crippen LogP contribution in [0.25, 0.3) is 0 Å². The van der Waals surface area contributed by atoms with Crippen LogP contribution >= 0.6 is 0 Å². The Morgan fingerprint density at radius 3 is 2.71 bits per heavy atom. The van der Waals surface area contributed by atoms with Crippen molar-refractivity contribution in [1.82, 2.24) is 5.32 Å². The van der Waals surface area contributed by atoms with Crippen molar-refractivity contribution in [2.24, 2.45) is 16.6 Å². The summed E-state index contributed by atoms with van der Waals surface area (Å²) in [6.07, 6.45) is 2.33. The first-order valence-corrected chi connectivity index (χ1v) is 6.36. The smallest absolute Gasteiger partial charge is 0.188 e. The van der Waals surface area contributed by atoms with Crippen LogP contribution in [-0.4, -0.2) is 43.0 Å². The van der Waals surface area contributed by atoms with Crippen molar-refractivity contribution < 1.29 is 9.84 Å². The number of hydrogen-bond donors (Lipinski definition) is 3. The zero-order valence-electron chi connectivity index (χ0n) is 10.9. The molecule has 0 aromatic rings. The number of nitrogens with zero attached hydrogens (tertiary/aromatic N) is 1. The van der Waals surface area contributed by atoms with E-state index in [4.69, 9.17) is 10.5 Å². The Bertz CT molecular complexity index is 248. The fraction of sp³-hybridized carbons (Fsp3) is 0.917. The number of ether oxygens (including phenoxy) is 1. The van der Waals surface area contributed by atoms with Gasteiger partial charge in [0.2, 0.25) is 0 Å². The molecule has 0 spiro atoms. The first-order chi connectivity index (χ1) is 8.02. The Balaban J connectivity index is 2.26. The molecule has 0 aliphatic carbocycles. The zero-order valence-corrected chi connectivity index (χ0v) is 10.9.